The molecule has 3 aromatic rings. The number of fused-ring (bicyclic) bond motifs is 1. The third kappa shape index (κ3) is 4.21. The van der Waals surface area contributed by atoms with Crippen LogP contribution in [0, 0.1) is 0 Å². The van der Waals surface area contributed by atoms with Crippen molar-refractivity contribution in [3.05, 3.63) is 72.3 Å². The highest BCUT2D eigenvalue weighted by Gasteiger charge is 2.51. The predicted molar refractivity (Wildman–Crippen MR) is 129 cm³/mol. The van der Waals surface area contributed by atoms with Crippen molar-refractivity contribution in [3.63, 3.8) is 0 Å². The molecule has 5 rings (SSSR count). The molecule has 1 atom stereocenters. The Labute approximate surface area is 203 Å². The van der Waals surface area contributed by atoms with E-state index in [2.05, 4.69) is 0 Å². The zero-order chi connectivity index (χ0) is 24.7. The van der Waals surface area contributed by atoms with Gasteiger partial charge in [-0.1, -0.05) is 30.3 Å². The number of anilines is 1. The molecule has 0 N–H and O–H groups in total. The molecule has 2 fully saturated rings. The van der Waals surface area contributed by atoms with E-state index in [-0.39, 0.29) is 29.7 Å². The molecule has 8 nitrogen and oxygen atoms in total. The number of carbonyl (C=O) groups is 3. The maximum Gasteiger partial charge on any atom is 0.338 e. The quantitative estimate of drug-likeness (QED) is 0.370. The molecule has 1 saturated carbocycles. The topological polar surface area (TPSA) is 101 Å². The lowest BCUT2D eigenvalue weighted by molar-refractivity contribution is -0.122. The maximum atomic E-state index is 13.7. The number of ether oxygens (including phenoxy) is 1. The van der Waals surface area contributed by atoms with E-state index in [1.54, 1.807) is 25.1 Å². The van der Waals surface area contributed by atoms with Gasteiger partial charge in [0.15, 0.2) is 0 Å². The van der Waals surface area contributed by atoms with Gasteiger partial charge in [-0.25, -0.2) is 18.1 Å². The predicted octanol–water partition coefficient (Wildman–Crippen LogP) is 3.50. The second-order valence-corrected chi connectivity index (χ2v) is 10.5. The molecule has 0 aromatic heterocycles. The van der Waals surface area contributed by atoms with Gasteiger partial charge in [-0.05, 0) is 66.9 Å². The summed E-state index contributed by atoms with van der Waals surface area (Å²) in [6.45, 7) is 1.93. The number of hydrogen-bond donors (Lipinski definition) is 0. The van der Waals surface area contributed by atoms with Crippen LogP contribution in [0.2, 0.25) is 0 Å². The summed E-state index contributed by atoms with van der Waals surface area (Å²) in [5.74, 6) is -1.57. The van der Waals surface area contributed by atoms with Gasteiger partial charge in [-0.3, -0.25) is 9.59 Å². The number of amides is 2. The van der Waals surface area contributed by atoms with E-state index in [0.717, 1.165) is 15.7 Å². The van der Waals surface area contributed by atoms with E-state index < -0.39 is 33.8 Å². The molecule has 2 aliphatic rings. The average Bonchev–Trinajstić information content (AvgIpc) is 3.64. The Morgan fingerprint density at radius 3 is 2.34 bits per heavy atom. The first kappa shape index (κ1) is 23.2. The zero-order valence-corrected chi connectivity index (χ0v) is 19.9. The maximum absolute atomic E-state index is 13.7. The molecule has 1 heterocycles. The Bertz CT molecular complexity index is 1430. The molecule has 1 aliphatic heterocycles. The molecule has 180 valence electrons. The highest BCUT2D eigenvalue weighted by atomic mass is 32.2. The number of imide groups is 1. The molecule has 35 heavy (non-hydrogen) atoms. The summed E-state index contributed by atoms with van der Waals surface area (Å²) in [5, 5.41) is 1.69. The van der Waals surface area contributed by atoms with Crippen LogP contribution in [0.1, 0.15) is 36.5 Å². The summed E-state index contributed by atoms with van der Waals surface area (Å²) >= 11 is 0. The van der Waals surface area contributed by atoms with Crippen molar-refractivity contribution >= 4 is 44.3 Å². The van der Waals surface area contributed by atoms with E-state index in [1.165, 1.54) is 28.6 Å². The van der Waals surface area contributed by atoms with E-state index >= 15 is 0 Å². The van der Waals surface area contributed by atoms with Gasteiger partial charge in [-0.2, -0.15) is 4.31 Å². The Hall–Kier alpha value is -3.56. The van der Waals surface area contributed by atoms with Crippen molar-refractivity contribution in [2.24, 2.45) is 0 Å². The lowest BCUT2D eigenvalue weighted by atomic mass is 10.1. The van der Waals surface area contributed by atoms with Crippen molar-refractivity contribution < 1.29 is 27.5 Å². The minimum absolute atomic E-state index is 0.0978. The van der Waals surface area contributed by atoms with Gasteiger partial charge in [0.2, 0.25) is 15.9 Å². The fourth-order valence-electron chi connectivity index (χ4n) is 4.44. The number of nitrogens with zero attached hydrogens (tertiary/aromatic N) is 2. The summed E-state index contributed by atoms with van der Waals surface area (Å²) in [6.07, 6.45) is 1.04. The van der Waals surface area contributed by atoms with Crippen molar-refractivity contribution in [1.82, 2.24) is 4.31 Å². The largest absolute Gasteiger partial charge is 0.462 e. The third-order valence-electron chi connectivity index (χ3n) is 6.27. The van der Waals surface area contributed by atoms with Crippen LogP contribution >= 0.6 is 0 Å². The SMILES string of the molecule is CCOC(=O)c1ccc(N2C(=O)CC(N(C3CC3)S(=O)(=O)c3ccc4ccccc4c3)C2=O)cc1. The van der Waals surface area contributed by atoms with Crippen molar-refractivity contribution in [2.45, 2.75) is 43.2 Å². The Morgan fingerprint density at radius 1 is 1.00 bits per heavy atom. The highest BCUT2D eigenvalue weighted by Crippen LogP contribution is 2.38. The second-order valence-electron chi connectivity index (χ2n) is 8.63. The standard InChI is InChI=1S/C26H24N2O6S/c1-2-34-26(31)18-7-10-20(11-8-18)27-24(29)16-23(25(27)30)28(21-12-13-21)35(32,33)22-14-9-17-5-3-4-6-19(17)15-22/h3-11,14-15,21,23H,2,12-13,16H2,1H3. The summed E-state index contributed by atoms with van der Waals surface area (Å²) in [4.78, 5) is 39.3. The van der Waals surface area contributed by atoms with Gasteiger partial charge in [0.05, 0.1) is 29.2 Å². The first-order valence-electron chi connectivity index (χ1n) is 11.5. The van der Waals surface area contributed by atoms with Gasteiger partial charge in [0.1, 0.15) is 6.04 Å². The summed E-state index contributed by atoms with van der Waals surface area (Å²) in [5.41, 5.74) is 0.583. The zero-order valence-electron chi connectivity index (χ0n) is 19.1. The second kappa shape index (κ2) is 8.90. The molecular weight excluding hydrogens is 468 g/mol. The van der Waals surface area contributed by atoms with Crippen LogP contribution in [0.25, 0.3) is 10.8 Å². The normalized spacial score (nSPS) is 18.5. The molecule has 1 saturated heterocycles. The van der Waals surface area contributed by atoms with Crippen LogP contribution in [0.5, 0.6) is 0 Å². The first-order chi connectivity index (χ1) is 16.8. The van der Waals surface area contributed by atoms with Crippen LogP contribution in [-0.4, -0.2) is 49.2 Å². The fourth-order valence-corrected chi connectivity index (χ4v) is 6.31. The lowest BCUT2D eigenvalue weighted by Gasteiger charge is -2.27. The molecular formula is C26H24N2O6S. The lowest BCUT2D eigenvalue weighted by Crippen LogP contribution is -2.46. The molecule has 1 aliphatic carbocycles. The van der Waals surface area contributed by atoms with Gasteiger partial charge in [-0.15, -0.1) is 0 Å². The van der Waals surface area contributed by atoms with Crippen molar-refractivity contribution in [1.29, 1.82) is 0 Å². The molecule has 0 radical (unpaired) electrons. The van der Waals surface area contributed by atoms with E-state index in [0.29, 0.717) is 18.4 Å². The molecule has 3 aromatic carbocycles. The minimum atomic E-state index is -4.03. The molecule has 2 amide bonds. The van der Waals surface area contributed by atoms with Gasteiger partial charge >= 0.3 is 5.97 Å². The Morgan fingerprint density at radius 2 is 1.69 bits per heavy atom. The number of rotatable bonds is 7. The van der Waals surface area contributed by atoms with Crippen LogP contribution in [0.4, 0.5) is 5.69 Å². The molecule has 0 spiro atoms. The Kier molecular flexibility index (Phi) is 5.90. The monoisotopic (exact) mass is 492 g/mol. The van der Waals surface area contributed by atoms with E-state index in [4.69, 9.17) is 4.74 Å². The van der Waals surface area contributed by atoms with Crippen molar-refractivity contribution in [3.8, 4) is 0 Å². The minimum Gasteiger partial charge on any atom is -0.462 e. The first-order valence-corrected chi connectivity index (χ1v) is 12.9. The van der Waals surface area contributed by atoms with Gasteiger partial charge in [0, 0.05) is 6.04 Å². The highest BCUT2D eigenvalue weighted by molar-refractivity contribution is 7.89. The molecule has 1 unspecified atom stereocenters. The van der Waals surface area contributed by atoms with E-state index in [9.17, 15) is 22.8 Å². The summed E-state index contributed by atoms with van der Waals surface area (Å²) in [7, 11) is -4.03. The van der Waals surface area contributed by atoms with Gasteiger partial charge in [0.25, 0.3) is 5.91 Å². The summed E-state index contributed by atoms with van der Waals surface area (Å²) < 4.78 is 33.6. The van der Waals surface area contributed by atoms with Crippen LogP contribution in [0.3, 0.4) is 0 Å². The Balaban J connectivity index is 1.45. The van der Waals surface area contributed by atoms with Crippen LogP contribution in [0.15, 0.2) is 71.6 Å². The fraction of sp³-hybridized carbons (Fsp3) is 0.269. The van der Waals surface area contributed by atoms with Crippen molar-refractivity contribution in [2.75, 3.05) is 11.5 Å². The number of benzene rings is 3. The third-order valence-corrected chi connectivity index (χ3v) is 8.23. The molecule has 0 bridgehead atoms. The average molecular weight is 493 g/mol. The number of esters is 1. The number of hydrogen-bond acceptors (Lipinski definition) is 6. The number of sulfonamides is 1. The van der Waals surface area contributed by atoms with Crippen LogP contribution < -0.4 is 4.90 Å². The smallest absolute Gasteiger partial charge is 0.338 e. The van der Waals surface area contributed by atoms with Gasteiger partial charge < -0.3 is 4.74 Å². The van der Waals surface area contributed by atoms with Crippen LogP contribution in [-0.2, 0) is 24.3 Å². The molecule has 9 heteroatoms. The van der Waals surface area contributed by atoms with E-state index in [1.807, 2.05) is 24.3 Å². The summed E-state index contributed by atoms with van der Waals surface area (Å²) in [6, 6.07) is 16.8. The number of carbonyl (C=O) groups excluding carboxylic acids is 3.